The van der Waals surface area contributed by atoms with E-state index in [1.54, 1.807) is 0 Å². The number of carbonyl (C=O) groups is 1. The molecule has 2 aromatic carbocycles. The number of nitrogens with zero attached hydrogens (tertiary/aromatic N) is 7. The molecule has 0 fully saturated rings. The standard InChI is InChI=1S/C23H20F3N9O2/c24-23(25,26)16-9-7-14(8-10-16)12-28-30-22(36)19-18(35(33-29-19)21-20(27)31-37-32-21)13-34-11-3-5-15-4-1-2-6-17(15)34/h1-2,4,6-10,12H,3,5,11,13H2,(H2,27,31)(H,30,36)/b28-12+. The van der Waals surface area contributed by atoms with Crippen LogP contribution < -0.4 is 16.1 Å². The molecule has 1 aliphatic rings. The van der Waals surface area contributed by atoms with Gasteiger partial charge in [-0.2, -0.15) is 23.0 Å². The van der Waals surface area contributed by atoms with E-state index in [-0.39, 0.29) is 23.9 Å². The summed E-state index contributed by atoms with van der Waals surface area (Å²) >= 11 is 0. The number of nitrogens with one attached hydrogen (secondary N) is 1. The maximum Gasteiger partial charge on any atom is 0.416 e. The van der Waals surface area contributed by atoms with Gasteiger partial charge in [-0.1, -0.05) is 35.5 Å². The van der Waals surface area contributed by atoms with Crippen LogP contribution in [0.1, 0.15) is 39.3 Å². The van der Waals surface area contributed by atoms with E-state index in [9.17, 15) is 18.0 Å². The monoisotopic (exact) mass is 511 g/mol. The lowest BCUT2D eigenvalue weighted by molar-refractivity contribution is -0.137. The molecule has 1 amide bonds. The van der Waals surface area contributed by atoms with Crippen molar-refractivity contribution in [2.24, 2.45) is 5.10 Å². The number of hydrogen-bond acceptors (Lipinski definition) is 9. The fourth-order valence-electron chi connectivity index (χ4n) is 4.06. The lowest BCUT2D eigenvalue weighted by atomic mass is 10.0. The largest absolute Gasteiger partial charge is 0.416 e. The third-order valence-electron chi connectivity index (χ3n) is 5.84. The molecule has 190 valence electrons. The van der Waals surface area contributed by atoms with Crippen LogP contribution in [-0.2, 0) is 19.1 Å². The lowest BCUT2D eigenvalue weighted by Gasteiger charge is -2.31. The van der Waals surface area contributed by atoms with Gasteiger partial charge in [-0.25, -0.2) is 10.1 Å². The van der Waals surface area contributed by atoms with Gasteiger partial charge < -0.3 is 10.6 Å². The van der Waals surface area contributed by atoms with Gasteiger partial charge in [0.1, 0.15) is 0 Å². The predicted octanol–water partition coefficient (Wildman–Crippen LogP) is 2.97. The summed E-state index contributed by atoms with van der Waals surface area (Å²) in [6, 6.07) is 12.3. The molecule has 0 spiro atoms. The van der Waals surface area contributed by atoms with Crippen LogP contribution in [0.25, 0.3) is 5.82 Å². The van der Waals surface area contributed by atoms with Crippen molar-refractivity contribution >= 4 is 23.6 Å². The van der Waals surface area contributed by atoms with Crippen molar-refractivity contribution in [3.63, 3.8) is 0 Å². The Balaban J connectivity index is 1.40. The molecule has 0 saturated heterocycles. The van der Waals surface area contributed by atoms with Gasteiger partial charge in [-0.3, -0.25) is 4.79 Å². The zero-order valence-corrected chi connectivity index (χ0v) is 19.2. The van der Waals surface area contributed by atoms with Gasteiger partial charge in [-0.05, 0) is 52.5 Å². The van der Waals surface area contributed by atoms with Crippen molar-refractivity contribution in [3.8, 4) is 5.82 Å². The highest BCUT2D eigenvalue weighted by Gasteiger charge is 2.30. The molecule has 0 radical (unpaired) electrons. The summed E-state index contributed by atoms with van der Waals surface area (Å²) < 4.78 is 44.2. The number of fused-ring (bicyclic) bond motifs is 1. The summed E-state index contributed by atoms with van der Waals surface area (Å²) in [5, 5.41) is 19.2. The smallest absolute Gasteiger partial charge is 0.378 e. The molecule has 0 saturated carbocycles. The molecular weight excluding hydrogens is 491 g/mol. The van der Waals surface area contributed by atoms with E-state index < -0.39 is 17.6 Å². The number of anilines is 2. The van der Waals surface area contributed by atoms with Crippen molar-refractivity contribution in [1.29, 1.82) is 0 Å². The number of nitrogen functional groups attached to an aromatic ring is 1. The molecule has 5 rings (SSSR count). The second-order valence-electron chi connectivity index (χ2n) is 8.24. The highest BCUT2D eigenvalue weighted by molar-refractivity contribution is 5.94. The number of halogens is 3. The van der Waals surface area contributed by atoms with E-state index in [2.05, 4.69) is 42.1 Å². The van der Waals surface area contributed by atoms with Crippen molar-refractivity contribution in [3.05, 3.63) is 76.6 Å². The molecule has 2 aromatic heterocycles. The van der Waals surface area contributed by atoms with E-state index in [0.29, 0.717) is 11.3 Å². The predicted molar refractivity (Wildman–Crippen MR) is 126 cm³/mol. The van der Waals surface area contributed by atoms with Crippen LogP contribution in [0.4, 0.5) is 24.7 Å². The summed E-state index contributed by atoms with van der Waals surface area (Å²) in [6.45, 7) is 0.990. The average molecular weight is 511 g/mol. The summed E-state index contributed by atoms with van der Waals surface area (Å²) in [7, 11) is 0. The number of benzene rings is 2. The number of alkyl halides is 3. The third kappa shape index (κ3) is 4.98. The minimum Gasteiger partial charge on any atom is -0.378 e. The summed E-state index contributed by atoms with van der Waals surface area (Å²) in [5.41, 5.74) is 10.3. The highest BCUT2D eigenvalue weighted by atomic mass is 19.4. The molecule has 0 atom stereocenters. The molecule has 3 N–H and O–H groups in total. The zero-order valence-electron chi connectivity index (χ0n) is 19.2. The Bertz CT molecular complexity index is 1440. The third-order valence-corrected chi connectivity index (χ3v) is 5.84. The van der Waals surface area contributed by atoms with Gasteiger partial charge in [0.15, 0.2) is 5.69 Å². The Morgan fingerprint density at radius 1 is 1.16 bits per heavy atom. The molecule has 0 aliphatic carbocycles. The normalized spacial score (nSPS) is 13.6. The molecule has 0 bridgehead atoms. The maximum atomic E-state index is 13.0. The van der Waals surface area contributed by atoms with E-state index in [1.165, 1.54) is 28.6 Å². The van der Waals surface area contributed by atoms with Crippen LogP contribution in [0.3, 0.4) is 0 Å². The molecule has 4 aromatic rings. The number of hydrogen-bond donors (Lipinski definition) is 2. The second-order valence-corrected chi connectivity index (χ2v) is 8.24. The summed E-state index contributed by atoms with van der Waals surface area (Å²) in [5.74, 6) is -0.623. The topological polar surface area (TPSA) is 140 Å². The minimum atomic E-state index is -4.44. The number of nitrogens with two attached hydrogens (primary N) is 1. The molecule has 0 unspecified atom stereocenters. The van der Waals surface area contributed by atoms with Crippen LogP contribution in [0.2, 0.25) is 0 Å². The first kappa shape index (κ1) is 24.0. The maximum absolute atomic E-state index is 13.0. The molecule has 14 heteroatoms. The number of aromatic nitrogens is 5. The van der Waals surface area contributed by atoms with Crippen LogP contribution in [0, 0.1) is 0 Å². The second kappa shape index (κ2) is 9.72. The fraction of sp³-hybridized carbons (Fsp3) is 0.217. The Morgan fingerprint density at radius 2 is 1.95 bits per heavy atom. The summed E-state index contributed by atoms with van der Waals surface area (Å²) in [4.78, 5) is 15.1. The van der Waals surface area contributed by atoms with Gasteiger partial charge in [0.25, 0.3) is 5.91 Å². The number of aryl methyl sites for hydroxylation is 1. The van der Waals surface area contributed by atoms with Gasteiger partial charge >= 0.3 is 6.18 Å². The summed E-state index contributed by atoms with van der Waals surface area (Å²) in [6.07, 6.45) is -1.35. The van der Waals surface area contributed by atoms with Gasteiger partial charge in [0.05, 0.1) is 24.0 Å². The lowest BCUT2D eigenvalue weighted by Crippen LogP contribution is -2.31. The Labute approximate surface area is 207 Å². The van der Waals surface area contributed by atoms with Gasteiger partial charge in [-0.15, -0.1) is 5.10 Å². The van der Waals surface area contributed by atoms with E-state index in [4.69, 9.17) is 10.4 Å². The Hall–Kier alpha value is -4.75. The highest BCUT2D eigenvalue weighted by Crippen LogP contribution is 2.30. The van der Waals surface area contributed by atoms with Crippen molar-refractivity contribution in [1.82, 2.24) is 30.7 Å². The fourth-order valence-corrected chi connectivity index (χ4v) is 4.06. The van der Waals surface area contributed by atoms with E-state index >= 15 is 0 Å². The average Bonchev–Trinajstić information content (AvgIpc) is 3.49. The van der Waals surface area contributed by atoms with Crippen LogP contribution >= 0.6 is 0 Å². The first-order chi connectivity index (χ1) is 17.8. The Morgan fingerprint density at radius 3 is 2.68 bits per heavy atom. The molecular formula is C23H20F3N9O2. The zero-order chi connectivity index (χ0) is 26.0. The van der Waals surface area contributed by atoms with E-state index in [0.717, 1.165) is 37.2 Å². The number of carbonyl (C=O) groups excluding carboxylic acids is 1. The SMILES string of the molecule is Nc1nonc1-n1nnc(C(=O)N/N=C/c2ccc(C(F)(F)F)cc2)c1CN1CCCc2ccccc21. The van der Waals surface area contributed by atoms with Crippen molar-refractivity contribution < 1.29 is 22.6 Å². The Kier molecular flexibility index (Phi) is 6.29. The van der Waals surface area contributed by atoms with Crippen molar-refractivity contribution in [2.75, 3.05) is 17.2 Å². The van der Waals surface area contributed by atoms with Gasteiger partial charge in [0, 0.05) is 12.2 Å². The first-order valence-corrected chi connectivity index (χ1v) is 11.2. The van der Waals surface area contributed by atoms with Crippen LogP contribution in [0.5, 0.6) is 0 Å². The minimum absolute atomic E-state index is 0.0301. The number of rotatable bonds is 6. The molecule has 1 aliphatic heterocycles. The van der Waals surface area contributed by atoms with Crippen molar-refractivity contribution in [2.45, 2.75) is 25.6 Å². The number of para-hydroxylation sites is 1. The molecule has 3 heterocycles. The quantitative estimate of drug-likeness (QED) is 0.297. The number of hydrazone groups is 1. The first-order valence-electron chi connectivity index (χ1n) is 11.2. The van der Waals surface area contributed by atoms with Crippen LogP contribution in [0.15, 0.2) is 58.3 Å². The van der Waals surface area contributed by atoms with Gasteiger partial charge in [0.2, 0.25) is 11.6 Å². The number of amides is 1. The van der Waals surface area contributed by atoms with Crippen LogP contribution in [-0.4, -0.2) is 44.0 Å². The molecule has 11 nitrogen and oxygen atoms in total. The molecule has 37 heavy (non-hydrogen) atoms. The van der Waals surface area contributed by atoms with E-state index in [1.807, 2.05) is 18.2 Å².